The van der Waals surface area contributed by atoms with Crippen LogP contribution in [0.5, 0.6) is 0 Å². The molecule has 1 amide bonds. The van der Waals surface area contributed by atoms with Gasteiger partial charge in [0.15, 0.2) is 0 Å². The fourth-order valence-electron chi connectivity index (χ4n) is 3.66. The molecule has 12 nitrogen and oxygen atoms in total. The van der Waals surface area contributed by atoms with Crippen molar-refractivity contribution in [3.05, 3.63) is 35.1 Å². The van der Waals surface area contributed by atoms with Gasteiger partial charge >= 0.3 is 5.97 Å². The topological polar surface area (TPSA) is 177 Å². The minimum Gasteiger partial charge on any atom is -0.755 e. The van der Waals surface area contributed by atoms with Crippen molar-refractivity contribution in [3.63, 3.8) is 0 Å². The second-order valence-electron chi connectivity index (χ2n) is 7.29. The normalized spacial score (nSPS) is 17.4. The number of amides is 1. The van der Waals surface area contributed by atoms with Crippen molar-refractivity contribution in [2.24, 2.45) is 5.73 Å². The van der Waals surface area contributed by atoms with E-state index in [1.807, 2.05) is 0 Å². The van der Waals surface area contributed by atoms with E-state index < -0.39 is 47.2 Å². The number of aromatic nitrogens is 4. The van der Waals surface area contributed by atoms with Crippen molar-refractivity contribution in [1.29, 1.82) is 0 Å². The van der Waals surface area contributed by atoms with Gasteiger partial charge in [-0.25, -0.2) is 4.79 Å². The van der Waals surface area contributed by atoms with Gasteiger partial charge in [0.05, 0.1) is 6.10 Å². The summed E-state index contributed by atoms with van der Waals surface area (Å²) in [4.78, 5) is 24.4. The zero-order valence-electron chi connectivity index (χ0n) is 16.9. The Labute approximate surface area is 191 Å². The molecule has 2 aromatic rings. The Hall–Kier alpha value is -2.61. The third-order valence-electron chi connectivity index (χ3n) is 5.23. The monoisotopic (exact) mass is 485 g/mol. The molecule has 0 radical (unpaired) electrons. The first-order valence-corrected chi connectivity index (χ1v) is 11.3. The van der Waals surface area contributed by atoms with Crippen molar-refractivity contribution in [1.82, 2.24) is 20.2 Å². The maximum absolute atomic E-state index is 12.5. The third kappa shape index (κ3) is 5.23. The van der Waals surface area contributed by atoms with Gasteiger partial charge < -0.3 is 24.4 Å². The van der Waals surface area contributed by atoms with E-state index in [1.165, 1.54) is 24.3 Å². The second kappa shape index (κ2) is 10.3. The number of benzene rings is 1. The van der Waals surface area contributed by atoms with Crippen LogP contribution in [0.25, 0.3) is 0 Å². The standard InChI is InChI=1S/C18H23ClN6O6S/c19-12-6-8-13(9-7-12)24(32(29)30)11-10-18(17(27)28,31-14-4-2-1-3-5-14)25-16(15(20)26)21-22-23-25/h6-9,14H,1-5,10-11H2,(H2,20,26)(H,27,28)(H,29,30)/p-1. The molecule has 2 atom stereocenters. The molecule has 1 fully saturated rings. The number of nitrogens with two attached hydrogens (primary N) is 1. The number of carbonyl (C=O) groups is 2. The number of rotatable bonds is 10. The maximum atomic E-state index is 12.5. The summed E-state index contributed by atoms with van der Waals surface area (Å²) in [5, 5.41) is 21.2. The lowest BCUT2D eigenvalue weighted by molar-refractivity contribution is -0.203. The third-order valence-corrected chi connectivity index (χ3v) is 6.23. The van der Waals surface area contributed by atoms with Crippen LogP contribution < -0.4 is 10.0 Å². The van der Waals surface area contributed by atoms with Crippen LogP contribution in [-0.4, -0.2) is 58.6 Å². The van der Waals surface area contributed by atoms with Crippen LogP contribution >= 0.6 is 11.6 Å². The van der Waals surface area contributed by atoms with Crippen LogP contribution in [0.4, 0.5) is 5.69 Å². The van der Waals surface area contributed by atoms with Crippen LogP contribution in [0.1, 0.15) is 49.1 Å². The van der Waals surface area contributed by atoms with Crippen molar-refractivity contribution in [2.45, 2.75) is 50.4 Å². The van der Waals surface area contributed by atoms with E-state index in [9.17, 15) is 23.5 Å². The van der Waals surface area contributed by atoms with Gasteiger partial charge in [0.25, 0.3) is 11.6 Å². The number of carboxylic acids is 1. The number of tetrazole rings is 1. The lowest BCUT2D eigenvalue weighted by Crippen LogP contribution is -2.51. The van der Waals surface area contributed by atoms with Gasteiger partial charge in [-0.2, -0.15) is 4.68 Å². The highest BCUT2D eigenvalue weighted by Gasteiger charge is 2.48. The van der Waals surface area contributed by atoms with Crippen LogP contribution in [0.3, 0.4) is 0 Å². The number of primary amides is 1. The Kier molecular flexibility index (Phi) is 7.77. The molecule has 1 aliphatic carbocycles. The zero-order valence-corrected chi connectivity index (χ0v) is 18.5. The molecule has 1 saturated carbocycles. The Morgan fingerprint density at radius 1 is 1.31 bits per heavy atom. The highest BCUT2D eigenvalue weighted by molar-refractivity contribution is 7.80. The van der Waals surface area contributed by atoms with E-state index >= 15 is 0 Å². The van der Waals surface area contributed by atoms with Gasteiger partial charge in [-0.15, -0.1) is 5.10 Å². The molecule has 1 aliphatic rings. The van der Waals surface area contributed by atoms with Gasteiger partial charge in [-0.05, 0) is 47.5 Å². The first-order valence-electron chi connectivity index (χ1n) is 9.87. The Balaban J connectivity index is 1.99. The zero-order chi connectivity index (χ0) is 23.3. The van der Waals surface area contributed by atoms with Gasteiger partial charge in [0, 0.05) is 34.9 Å². The van der Waals surface area contributed by atoms with Crippen molar-refractivity contribution < 1.29 is 28.2 Å². The fourth-order valence-corrected chi connectivity index (χ4v) is 4.32. The van der Waals surface area contributed by atoms with Crippen LogP contribution in [-0.2, 0) is 26.5 Å². The molecule has 1 heterocycles. The number of nitrogens with zero attached hydrogens (tertiary/aromatic N) is 5. The Morgan fingerprint density at radius 2 is 1.97 bits per heavy atom. The van der Waals surface area contributed by atoms with E-state index in [0.29, 0.717) is 17.9 Å². The number of carbonyl (C=O) groups excluding carboxylic acids is 1. The molecule has 0 bridgehead atoms. The number of aliphatic carboxylic acids is 1. The lowest BCUT2D eigenvalue weighted by atomic mass is 9.97. The Bertz CT molecular complexity index is 983. The number of halogens is 1. The second-order valence-corrected chi connectivity index (χ2v) is 8.60. The average Bonchev–Trinajstić information content (AvgIpc) is 3.25. The van der Waals surface area contributed by atoms with E-state index in [0.717, 1.165) is 28.2 Å². The minimum absolute atomic E-state index is 0.270. The largest absolute Gasteiger partial charge is 0.755 e. The maximum Gasteiger partial charge on any atom is 0.359 e. The van der Waals surface area contributed by atoms with E-state index in [-0.39, 0.29) is 12.2 Å². The minimum atomic E-state index is -2.74. The SMILES string of the molecule is NC(=O)c1nnnn1C(CCN(c1ccc(Cl)cc1)S(=O)[O-])(OC1CCCCC1)C(=O)O. The highest BCUT2D eigenvalue weighted by atomic mass is 35.5. The molecule has 2 unspecified atom stereocenters. The van der Waals surface area contributed by atoms with E-state index in [2.05, 4.69) is 15.5 Å². The predicted molar refractivity (Wildman–Crippen MR) is 112 cm³/mol. The summed E-state index contributed by atoms with van der Waals surface area (Å²) >= 11 is 3.13. The molecule has 3 rings (SSSR count). The van der Waals surface area contributed by atoms with Gasteiger partial charge in [-0.3, -0.25) is 9.00 Å². The number of anilines is 1. The van der Waals surface area contributed by atoms with Crippen molar-refractivity contribution in [2.75, 3.05) is 10.8 Å². The average molecular weight is 486 g/mol. The first-order chi connectivity index (χ1) is 15.2. The number of ether oxygens (including phenoxy) is 1. The molecular weight excluding hydrogens is 464 g/mol. The van der Waals surface area contributed by atoms with Gasteiger partial charge in [-0.1, -0.05) is 30.9 Å². The van der Waals surface area contributed by atoms with E-state index in [1.54, 1.807) is 0 Å². The fraction of sp³-hybridized carbons (Fsp3) is 0.500. The van der Waals surface area contributed by atoms with Crippen LogP contribution in [0.15, 0.2) is 24.3 Å². The molecule has 1 aromatic carbocycles. The molecular formula is C18H22ClN6O6S-. The van der Waals surface area contributed by atoms with Crippen molar-refractivity contribution >= 4 is 40.4 Å². The quantitative estimate of drug-likeness (QED) is 0.468. The van der Waals surface area contributed by atoms with Gasteiger partial charge in [0.1, 0.15) is 0 Å². The number of hydrogen-bond donors (Lipinski definition) is 2. The first kappa shape index (κ1) is 24.0. The molecule has 32 heavy (non-hydrogen) atoms. The smallest absolute Gasteiger partial charge is 0.359 e. The highest BCUT2D eigenvalue weighted by Crippen LogP contribution is 2.32. The van der Waals surface area contributed by atoms with Gasteiger partial charge in [0.2, 0.25) is 5.82 Å². The summed E-state index contributed by atoms with van der Waals surface area (Å²) in [5.41, 5.74) is 3.35. The molecule has 3 N–H and O–H groups in total. The molecule has 0 saturated heterocycles. The number of carboxylic acid groups (broad SMARTS) is 1. The summed E-state index contributed by atoms with van der Waals surface area (Å²) in [6.07, 6.45) is 3.07. The lowest BCUT2D eigenvalue weighted by Gasteiger charge is -2.37. The van der Waals surface area contributed by atoms with Crippen molar-refractivity contribution in [3.8, 4) is 0 Å². The van der Waals surface area contributed by atoms with E-state index in [4.69, 9.17) is 22.1 Å². The molecule has 0 spiro atoms. The summed E-state index contributed by atoms with van der Waals surface area (Å²) in [7, 11) is 0. The summed E-state index contributed by atoms with van der Waals surface area (Å²) in [6, 6.07) is 5.97. The molecule has 1 aromatic heterocycles. The summed E-state index contributed by atoms with van der Waals surface area (Å²) in [5.74, 6) is -3.04. The van der Waals surface area contributed by atoms with Crippen LogP contribution in [0, 0.1) is 0 Å². The Morgan fingerprint density at radius 3 is 2.53 bits per heavy atom. The molecule has 174 valence electrons. The number of hydrogen-bond acceptors (Lipinski definition) is 8. The predicted octanol–water partition coefficient (Wildman–Crippen LogP) is 1.20. The summed E-state index contributed by atoms with van der Waals surface area (Å²) in [6.45, 7) is -0.311. The van der Waals surface area contributed by atoms with Crippen LogP contribution in [0.2, 0.25) is 5.02 Å². The summed E-state index contributed by atoms with van der Waals surface area (Å²) < 4.78 is 31.5. The molecule has 14 heteroatoms. The molecule has 0 aliphatic heterocycles.